The van der Waals surface area contributed by atoms with Gasteiger partial charge in [-0.3, -0.25) is 19.2 Å². The Bertz CT molecular complexity index is 3010. The minimum absolute atomic E-state index is 0.00464. The number of esters is 1. The van der Waals surface area contributed by atoms with Gasteiger partial charge in [-0.25, -0.2) is 28.1 Å². The van der Waals surface area contributed by atoms with E-state index in [1.807, 2.05) is 0 Å². The number of anilines is 1. The van der Waals surface area contributed by atoms with Crippen molar-refractivity contribution in [3.63, 3.8) is 0 Å². The van der Waals surface area contributed by atoms with Gasteiger partial charge in [0, 0.05) is 61.1 Å². The number of carbonyl (C=O) groups is 6. The molecule has 3 aliphatic heterocycles. The number of carboxylic acid groups (broad SMARTS) is 1. The molecule has 7 rings (SSSR count). The molecule has 0 saturated carbocycles. The van der Waals surface area contributed by atoms with Gasteiger partial charge < -0.3 is 75.1 Å². The second-order valence-electron chi connectivity index (χ2n) is 16.4. The van der Waals surface area contributed by atoms with E-state index in [-0.39, 0.29) is 100 Å². The summed E-state index contributed by atoms with van der Waals surface area (Å²) in [4.78, 5) is 93.4. The third kappa shape index (κ3) is 10.4. The first-order valence-corrected chi connectivity index (χ1v) is 22.0. The van der Waals surface area contributed by atoms with Crippen molar-refractivity contribution in [2.75, 3.05) is 25.5 Å². The van der Waals surface area contributed by atoms with E-state index in [0.29, 0.717) is 0 Å². The summed E-state index contributed by atoms with van der Waals surface area (Å²) in [6.07, 6.45) is -4.38. The number of ether oxygens (including phenoxy) is 5. The highest BCUT2D eigenvalue weighted by molar-refractivity contribution is 5.93. The molecule has 2 aromatic carbocycles. The number of carboxylic acids is 1. The van der Waals surface area contributed by atoms with E-state index in [4.69, 9.17) is 30.1 Å². The molecule has 3 aliphatic rings. The topological polar surface area (TPSA) is 333 Å². The molecule has 4 aromatic rings. The minimum atomic E-state index is -2.17. The number of amides is 4. The summed E-state index contributed by atoms with van der Waals surface area (Å²) in [6, 6.07) is 6.12. The summed E-state index contributed by atoms with van der Waals surface area (Å²) in [5, 5.41) is 61.7. The molecule has 9 N–H and O–H groups in total. The molecule has 1 fully saturated rings. The average Bonchev–Trinajstić information content (AvgIpc) is 3.72. The fourth-order valence-electron chi connectivity index (χ4n) is 8.22. The second kappa shape index (κ2) is 21.5. The predicted octanol–water partition coefficient (Wildman–Crippen LogP) is 0.204. The van der Waals surface area contributed by atoms with Crippen LogP contribution in [0.5, 0.6) is 11.5 Å². The van der Waals surface area contributed by atoms with Gasteiger partial charge in [-0.2, -0.15) is 0 Å². The van der Waals surface area contributed by atoms with Gasteiger partial charge in [0.15, 0.2) is 29.1 Å². The number of methoxy groups -OCH3 is 1. The summed E-state index contributed by atoms with van der Waals surface area (Å²) in [6.45, 7) is -0.387. The van der Waals surface area contributed by atoms with Crippen LogP contribution in [0.2, 0.25) is 0 Å². The number of benzene rings is 2. The Labute approximate surface area is 405 Å². The van der Waals surface area contributed by atoms with Gasteiger partial charge in [0.05, 0.1) is 41.8 Å². The molecule has 4 amide bonds. The highest BCUT2D eigenvalue weighted by Gasteiger charge is 2.49. The highest BCUT2D eigenvalue weighted by atomic mass is 19.1. The number of rotatable bonds is 17. The lowest BCUT2D eigenvalue weighted by atomic mass is 9.86. The fourth-order valence-corrected chi connectivity index (χ4v) is 8.22. The molecule has 25 heteroatoms. The van der Waals surface area contributed by atoms with E-state index in [1.165, 1.54) is 41.8 Å². The van der Waals surface area contributed by atoms with Crippen molar-refractivity contribution in [2.24, 2.45) is 0 Å². The lowest BCUT2D eigenvalue weighted by Crippen LogP contribution is -2.61. The lowest BCUT2D eigenvalue weighted by Gasteiger charge is -2.38. The standard InChI is InChI=1S/C47H46F2N6O17/c1-4-6-7-31(56)50-12-10-32(57)51-13-11-33(58)53-27-14-21(8-9-30(27)71-44-39(61)37(59)38(60)41(72-44)43(63)64)19-70-46(66)52-17-22-23-18-55-29(15-25-24(42(55)62)20-69-45(65)47(25,67)5-2)36(23)54-28-16-26(48)40(68-3)35(49)34(22)28/h1,6-9,14-16,37-39,41,44,59-61,67H,5,10-13,17-20H2,2-3H3,(H,50,56)(H,51,57)(H,52,66)(H,53,58)(H,63,64)/b7-6-/t37-,38-,39+,41-,44+,47-/m0/s1. The van der Waals surface area contributed by atoms with Gasteiger partial charge in [0.25, 0.3) is 5.56 Å². The summed E-state index contributed by atoms with van der Waals surface area (Å²) < 4.78 is 59.1. The number of hydrogen-bond acceptors (Lipinski definition) is 17. The molecule has 0 radical (unpaired) electrons. The minimum Gasteiger partial charge on any atom is -0.491 e. The summed E-state index contributed by atoms with van der Waals surface area (Å²) in [5.74, 6) is -5.55. The maximum absolute atomic E-state index is 16.2. The Morgan fingerprint density at radius 3 is 2.44 bits per heavy atom. The number of halogens is 2. The molecular formula is C47H46F2N6O17. The molecule has 23 nitrogen and oxygen atoms in total. The molecule has 0 spiro atoms. The van der Waals surface area contributed by atoms with Crippen LogP contribution in [0.15, 0.2) is 47.3 Å². The number of allylic oxidation sites excluding steroid dienone is 1. The normalized spacial score (nSPS) is 20.8. The third-order valence-electron chi connectivity index (χ3n) is 12.0. The van der Waals surface area contributed by atoms with Crippen molar-refractivity contribution in [2.45, 2.75) is 88.8 Å². The zero-order valence-corrected chi connectivity index (χ0v) is 38.2. The number of nitrogens with one attached hydrogen (secondary N) is 4. The van der Waals surface area contributed by atoms with Crippen LogP contribution in [0.25, 0.3) is 22.3 Å². The van der Waals surface area contributed by atoms with Gasteiger partial charge in [0.1, 0.15) is 37.3 Å². The Morgan fingerprint density at radius 2 is 1.74 bits per heavy atom. The Balaban J connectivity index is 1.10. The highest BCUT2D eigenvalue weighted by Crippen LogP contribution is 2.42. The first-order valence-electron chi connectivity index (χ1n) is 22.0. The van der Waals surface area contributed by atoms with Gasteiger partial charge in [-0.05, 0) is 41.8 Å². The first kappa shape index (κ1) is 51.8. The largest absolute Gasteiger partial charge is 0.491 e. The van der Waals surface area contributed by atoms with Crippen LogP contribution in [0, 0.1) is 24.0 Å². The summed E-state index contributed by atoms with van der Waals surface area (Å²) >= 11 is 0. The molecule has 6 atom stereocenters. The fraction of sp³-hybridized carbons (Fsp3) is 0.362. The Kier molecular flexibility index (Phi) is 15.5. The Hall–Kier alpha value is -8.02. The van der Waals surface area contributed by atoms with E-state index < -0.39 is 115 Å². The number of alkyl carbamates (subject to hydrolysis) is 1. The zero-order valence-electron chi connectivity index (χ0n) is 38.2. The van der Waals surface area contributed by atoms with Crippen molar-refractivity contribution in [3.8, 4) is 35.2 Å². The number of aliphatic hydroxyl groups excluding tert-OH is 3. The number of carbonyl (C=O) groups excluding carboxylic acids is 5. The Morgan fingerprint density at radius 1 is 1.00 bits per heavy atom. The molecular weight excluding hydrogens is 959 g/mol. The molecule has 2 aromatic heterocycles. The number of nitrogens with zero attached hydrogens (tertiary/aromatic N) is 2. The molecule has 0 aliphatic carbocycles. The van der Waals surface area contributed by atoms with Crippen LogP contribution >= 0.6 is 0 Å². The average molecular weight is 1000 g/mol. The maximum atomic E-state index is 16.2. The van der Waals surface area contributed by atoms with Crippen LogP contribution in [0.3, 0.4) is 0 Å². The quantitative estimate of drug-likeness (QED) is 0.0341. The van der Waals surface area contributed by atoms with Gasteiger partial charge in [0.2, 0.25) is 24.0 Å². The summed E-state index contributed by atoms with van der Waals surface area (Å²) in [7, 11) is 1.05. The number of terminal acetylenes is 1. The van der Waals surface area contributed by atoms with Crippen LogP contribution in [-0.2, 0) is 70.1 Å². The lowest BCUT2D eigenvalue weighted by molar-refractivity contribution is -0.271. The van der Waals surface area contributed by atoms with Crippen LogP contribution < -0.4 is 36.3 Å². The molecule has 380 valence electrons. The first-order chi connectivity index (χ1) is 34.3. The summed E-state index contributed by atoms with van der Waals surface area (Å²) in [5.41, 5.74) is -2.59. The second-order valence-corrected chi connectivity index (χ2v) is 16.4. The van der Waals surface area contributed by atoms with E-state index in [2.05, 4.69) is 32.2 Å². The molecule has 0 bridgehead atoms. The van der Waals surface area contributed by atoms with Crippen LogP contribution in [0.4, 0.5) is 19.3 Å². The van der Waals surface area contributed by atoms with Crippen molar-refractivity contribution in [1.29, 1.82) is 0 Å². The van der Waals surface area contributed by atoms with Crippen LogP contribution in [0.1, 0.15) is 54.0 Å². The van der Waals surface area contributed by atoms with Crippen molar-refractivity contribution in [3.05, 3.63) is 92.3 Å². The number of fused-ring (bicyclic) bond motifs is 5. The SMILES string of the molecule is C#C/C=C\C(=O)NCCC(=O)NCCC(=O)Nc1cc(COC(=O)NCc2c3c(nc4cc(F)c(OC)c(F)c24)-c2cc4c(c(=O)n2C3)COC(=O)[C@]4(O)CC)ccc1O[C@@H]1O[C@H](C(=O)O)[C@@H](O)[C@H](O)[C@H]1O. The van der Waals surface area contributed by atoms with E-state index in [1.54, 1.807) is 0 Å². The van der Waals surface area contributed by atoms with Crippen molar-refractivity contribution < 1.29 is 86.8 Å². The maximum Gasteiger partial charge on any atom is 0.407 e. The zero-order chi connectivity index (χ0) is 52.2. The number of aliphatic hydroxyl groups is 4. The number of pyridine rings is 2. The number of aromatic nitrogens is 2. The van der Waals surface area contributed by atoms with Gasteiger partial charge in [-0.15, -0.1) is 6.42 Å². The molecule has 1 saturated heterocycles. The number of hydrogen-bond donors (Lipinski definition) is 9. The number of aliphatic carboxylic acids is 1. The van der Waals surface area contributed by atoms with Gasteiger partial charge >= 0.3 is 18.0 Å². The third-order valence-corrected chi connectivity index (χ3v) is 12.0. The van der Waals surface area contributed by atoms with E-state index in [9.17, 15) is 59.1 Å². The molecule has 0 unspecified atom stereocenters. The van der Waals surface area contributed by atoms with Crippen molar-refractivity contribution in [1.82, 2.24) is 25.5 Å². The van der Waals surface area contributed by atoms with E-state index >= 15 is 8.78 Å². The molecule has 5 heterocycles. The monoisotopic (exact) mass is 1000 g/mol. The molecule has 72 heavy (non-hydrogen) atoms. The van der Waals surface area contributed by atoms with Gasteiger partial charge in [-0.1, -0.05) is 18.9 Å². The predicted molar refractivity (Wildman–Crippen MR) is 241 cm³/mol. The van der Waals surface area contributed by atoms with E-state index in [0.717, 1.165) is 19.3 Å². The number of cyclic esters (lactones) is 1. The smallest absolute Gasteiger partial charge is 0.407 e. The van der Waals surface area contributed by atoms with Crippen LogP contribution in [-0.4, -0.2) is 122 Å². The van der Waals surface area contributed by atoms with Crippen molar-refractivity contribution >= 4 is 52.3 Å².